The maximum atomic E-state index is 5.74. The molecule has 1 aliphatic carbocycles. The average Bonchev–Trinajstić information content (AvgIpc) is 2.90. The Hall–Kier alpha value is -0.0800. The monoisotopic (exact) mass is 254 g/mol. The van der Waals surface area contributed by atoms with E-state index in [0.717, 1.165) is 19.1 Å². The lowest BCUT2D eigenvalue weighted by atomic mass is 10.1. The highest BCUT2D eigenvalue weighted by Crippen LogP contribution is 2.23. The summed E-state index contributed by atoms with van der Waals surface area (Å²) in [6, 6.07) is 0.855. The highest BCUT2D eigenvalue weighted by atomic mass is 15.2. The number of hydrogen-bond acceptors (Lipinski definition) is 2. The molecule has 0 aromatic heterocycles. The number of nitrogens with two attached hydrogens (primary N) is 1. The summed E-state index contributed by atoms with van der Waals surface area (Å²) in [6.45, 7) is 5.51. The van der Waals surface area contributed by atoms with Crippen molar-refractivity contribution < 1.29 is 0 Å². The van der Waals surface area contributed by atoms with Crippen LogP contribution in [0.25, 0.3) is 0 Å². The first kappa shape index (κ1) is 16.0. The first-order valence-electron chi connectivity index (χ1n) is 8.32. The van der Waals surface area contributed by atoms with Crippen molar-refractivity contribution in [1.82, 2.24) is 4.90 Å². The third kappa shape index (κ3) is 6.75. The van der Waals surface area contributed by atoms with Crippen LogP contribution in [0.2, 0.25) is 0 Å². The molecule has 0 aromatic rings. The maximum Gasteiger partial charge on any atom is 0.0108 e. The summed E-state index contributed by atoms with van der Waals surface area (Å²) in [7, 11) is 0. The second kappa shape index (κ2) is 10.8. The molecule has 1 aliphatic rings. The quantitative estimate of drug-likeness (QED) is 0.566. The number of nitrogens with zero attached hydrogens (tertiary/aromatic N) is 1. The maximum absolute atomic E-state index is 5.74. The van der Waals surface area contributed by atoms with Gasteiger partial charge in [-0.25, -0.2) is 0 Å². The minimum atomic E-state index is 0.826. The van der Waals surface area contributed by atoms with Crippen molar-refractivity contribution in [3.8, 4) is 0 Å². The smallest absolute Gasteiger partial charge is 0.0108 e. The molecule has 0 aromatic carbocycles. The Balaban J connectivity index is 2.02. The topological polar surface area (TPSA) is 29.3 Å². The Bertz CT molecular complexity index is 176. The van der Waals surface area contributed by atoms with Gasteiger partial charge in [0.1, 0.15) is 0 Å². The van der Waals surface area contributed by atoms with E-state index in [9.17, 15) is 0 Å². The van der Waals surface area contributed by atoms with Gasteiger partial charge >= 0.3 is 0 Å². The SMILES string of the molecule is CCCCCCCCCN(CCN)C1CCCC1. The predicted octanol–water partition coefficient (Wildman–Crippen LogP) is 3.94. The fraction of sp³-hybridized carbons (Fsp3) is 1.00. The summed E-state index contributed by atoms with van der Waals surface area (Å²) in [6.07, 6.45) is 15.6. The molecule has 2 nitrogen and oxygen atoms in total. The van der Waals surface area contributed by atoms with Crippen molar-refractivity contribution >= 4 is 0 Å². The molecule has 0 aliphatic heterocycles. The second-order valence-electron chi connectivity index (χ2n) is 5.88. The Kier molecular flexibility index (Phi) is 9.59. The van der Waals surface area contributed by atoms with Crippen LogP contribution in [-0.2, 0) is 0 Å². The fourth-order valence-corrected chi connectivity index (χ4v) is 3.18. The molecule has 2 N–H and O–H groups in total. The molecule has 1 fully saturated rings. The molecule has 0 heterocycles. The number of hydrogen-bond donors (Lipinski definition) is 1. The Morgan fingerprint density at radius 2 is 1.50 bits per heavy atom. The third-order valence-electron chi connectivity index (χ3n) is 4.31. The molecule has 108 valence electrons. The summed E-state index contributed by atoms with van der Waals surface area (Å²) in [5.74, 6) is 0. The molecule has 0 bridgehead atoms. The van der Waals surface area contributed by atoms with Gasteiger partial charge in [-0.3, -0.25) is 4.90 Å². The molecule has 0 amide bonds. The van der Waals surface area contributed by atoms with Crippen molar-refractivity contribution in [2.45, 2.75) is 83.6 Å². The first-order chi connectivity index (χ1) is 8.88. The van der Waals surface area contributed by atoms with Crippen LogP contribution in [0, 0.1) is 0 Å². The number of unbranched alkanes of at least 4 members (excludes halogenated alkanes) is 6. The third-order valence-corrected chi connectivity index (χ3v) is 4.31. The van der Waals surface area contributed by atoms with Gasteiger partial charge < -0.3 is 5.73 Å². The highest BCUT2D eigenvalue weighted by Gasteiger charge is 2.21. The molecular weight excluding hydrogens is 220 g/mol. The van der Waals surface area contributed by atoms with E-state index in [1.165, 1.54) is 77.2 Å². The Labute approximate surface area is 114 Å². The molecule has 1 saturated carbocycles. The Morgan fingerprint density at radius 1 is 0.889 bits per heavy atom. The minimum Gasteiger partial charge on any atom is -0.329 e. The normalized spacial score (nSPS) is 16.8. The van der Waals surface area contributed by atoms with E-state index < -0.39 is 0 Å². The molecule has 0 atom stereocenters. The summed E-state index contributed by atoms with van der Waals surface area (Å²) in [4.78, 5) is 2.67. The summed E-state index contributed by atoms with van der Waals surface area (Å²) >= 11 is 0. The summed E-state index contributed by atoms with van der Waals surface area (Å²) in [5, 5.41) is 0. The van der Waals surface area contributed by atoms with Crippen LogP contribution in [0.4, 0.5) is 0 Å². The molecule has 0 unspecified atom stereocenters. The zero-order valence-corrected chi connectivity index (χ0v) is 12.5. The van der Waals surface area contributed by atoms with Crippen LogP contribution < -0.4 is 5.73 Å². The van der Waals surface area contributed by atoms with Gasteiger partial charge in [0.15, 0.2) is 0 Å². The van der Waals surface area contributed by atoms with Gasteiger partial charge in [-0.05, 0) is 25.8 Å². The van der Waals surface area contributed by atoms with Crippen LogP contribution in [0.1, 0.15) is 77.6 Å². The largest absolute Gasteiger partial charge is 0.329 e. The molecule has 1 rings (SSSR count). The molecule has 0 saturated heterocycles. The first-order valence-corrected chi connectivity index (χ1v) is 8.32. The van der Waals surface area contributed by atoms with Crippen LogP contribution >= 0.6 is 0 Å². The van der Waals surface area contributed by atoms with Gasteiger partial charge in [0.05, 0.1) is 0 Å². The van der Waals surface area contributed by atoms with Crippen molar-refractivity contribution in [3.63, 3.8) is 0 Å². The van der Waals surface area contributed by atoms with E-state index in [-0.39, 0.29) is 0 Å². The molecule has 0 radical (unpaired) electrons. The van der Waals surface area contributed by atoms with Gasteiger partial charge in [0.2, 0.25) is 0 Å². The van der Waals surface area contributed by atoms with E-state index in [1.807, 2.05) is 0 Å². The van der Waals surface area contributed by atoms with E-state index in [0.29, 0.717) is 0 Å². The van der Waals surface area contributed by atoms with Gasteiger partial charge in [0.25, 0.3) is 0 Å². The molecule has 0 spiro atoms. The van der Waals surface area contributed by atoms with Crippen LogP contribution in [0.3, 0.4) is 0 Å². The highest BCUT2D eigenvalue weighted by molar-refractivity contribution is 4.77. The predicted molar refractivity (Wildman–Crippen MR) is 80.9 cm³/mol. The van der Waals surface area contributed by atoms with Gasteiger partial charge in [-0.15, -0.1) is 0 Å². The fourth-order valence-electron chi connectivity index (χ4n) is 3.18. The summed E-state index contributed by atoms with van der Waals surface area (Å²) in [5.41, 5.74) is 5.74. The van der Waals surface area contributed by atoms with E-state index >= 15 is 0 Å². The zero-order valence-electron chi connectivity index (χ0n) is 12.5. The molecular formula is C16H34N2. The molecule has 18 heavy (non-hydrogen) atoms. The van der Waals surface area contributed by atoms with Crippen molar-refractivity contribution in [3.05, 3.63) is 0 Å². The standard InChI is InChI=1S/C16H34N2/c1-2-3-4-5-6-7-10-14-18(15-13-17)16-11-8-9-12-16/h16H,2-15,17H2,1H3. The lowest BCUT2D eigenvalue weighted by Crippen LogP contribution is -2.37. The van der Waals surface area contributed by atoms with E-state index in [4.69, 9.17) is 5.73 Å². The van der Waals surface area contributed by atoms with Crippen molar-refractivity contribution in [2.24, 2.45) is 5.73 Å². The number of rotatable bonds is 11. The zero-order chi connectivity index (χ0) is 13.1. The molecule has 2 heteroatoms. The average molecular weight is 254 g/mol. The van der Waals surface area contributed by atoms with Crippen LogP contribution in [-0.4, -0.2) is 30.6 Å². The van der Waals surface area contributed by atoms with Crippen LogP contribution in [0.15, 0.2) is 0 Å². The minimum absolute atomic E-state index is 0.826. The summed E-state index contributed by atoms with van der Waals surface area (Å²) < 4.78 is 0. The van der Waals surface area contributed by atoms with E-state index in [2.05, 4.69) is 11.8 Å². The Morgan fingerprint density at radius 3 is 2.11 bits per heavy atom. The van der Waals surface area contributed by atoms with Crippen molar-refractivity contribution in [1.29, 1.82) is 0 Å². The lowest BCUT2D eigenvalue weighted by Gasteiger charge is -2.28. The van der Waals surface area contributed by atoms with E-state index in [1.54, 1.807) is 0 Å². The van der Waals surface area contributed by atoms with Gasteiger partial charge in [-0.2, -0.15) is 0 Å². The lowest BCUT2D eigenvalue weighted by molar-refractivity contribution is 0.199. The van der Waals surface area contributed by atoms with Crippen LogP contribution in [0.5, 0.6) is 0 Å². The second-order valence-corrected chi connectivity index (χ2v) is 5.88. The van der Waals surface area contributed by atoms with Crippen molar-refractivity contribution in [2.75, 3.05) is 19.6 Å². The van der Waals surface area contributed by atoms with Gasteiger partial charge in [-0.1, -0.05) is 58.3 Å². The van der Waals surface area contributed by atoms with Gasteiger partial charge in [0, 0.05) is 19.1 Å².